The quantitative estimate of drug-likeness (QED) is 0.855. The molecule has 1 aliphatic rings. The Balaban J connectivity index is 1.72. The first-order valence-corrected chi connectivity index (χ1v) is 8.82. The highest BCUT2D eigenvalue weighted by Crippen LogP contribution is 2.23. The minimum atomic E-state index is -0.226. The third-order valence-electron chi connectivity index (χ3n) is 4.73. The number of pyridine rings is 1. The number of carbonyl (C=O) groups is 2. The fraction of sp³-hybridized carbons (Fsp3) is 0.421. The summed E-state index contributed by atoms with van der Waals surface area (Å²) in [5.74, 6) is -0.325. The lowest BCUT2D eigenvalue weighted by atomic mass is 9.97. The number of carbonyl (C=O) groups excluding carboxylic acids is 2. The Morgan fingerprint density at radius 2 is 1.85 bits per heavy atom. The third-order valence-corrected chi connectivity index (χ3v) is 4.73. The Hall–Kier alpha value is -2.83. The van der Waals surface area contributed by atoms with Crippen molar-refractivity contribution in [3.63, 3.8) is 0 Å². The number of aromatic nitrogens is 1. The SMILES string of the molecule is CCOC(=O)C1CCN(C(=O)Nc2cn(C)c(=O)c3ccccc23)CC1. The van der Waals surface area contributed by atoms with E-state index in [0.717, 1.165) is 0 Å². The number of anilines is 1. The standard InChI is InChI=1S/C19H23N3O4/c1-3-26-18(24)13-8-10-22(11-9-13)19(25)20-16-12-21(2)17(23)15-7-5-4-6-14(15)16/h4-7,12-13H,3,8-11H2,1-2H3,(H,20,25). The maximum atomic E-state index is 12.6. The number of ether oxygens (including phenoxy) is 1. The molecule has 0 bridgehead atoms. The number of benzene rings is 1. The summed E-state index contributed by atoms with van der Waals surface area (Å²) < 4.78 is 6.52. The van der Waals surface area contributed by atoms with Crippen molar-refractivity contribution in [1.82, 2.24) is 9.47 Å². The highest BCUT2D eigenvalue weighted by atomic mass is 16.5. The molecular weight excluding hydrogens is 334 g/mol. The molecule has 1 N–H and O–H groups in total. The second-order valence-corrected chi connectivity index (χ2v) is 6.45. The second-order valence-electron chi connectivity index (χ2n) is 6.45. The van der Waals surface area contributed by atoms with Gasteiger partial charge in [0.2, 0.25) is 0 Å². The summed E-state index contributed by atoms with van der Waals surface area (Å²) in [5, 5.41) is 4.18. The van der Waals surface area contributed by atoms with Gasteiger partial charge in [-0.25, -0.2) is 4.79 Å². The molecule has 138 valence electrons. The number of esters is 1. The highest BCUT2D eigenvalue weighted by Gasteiger charge is 2.28. The average molecular weight is 357 g/mol. The molecule has 0 atom stereocenters. The number of hydrogen-bond donors (Lipinski definition) is 1. The molecule has 2 amide bonds. The minimum Gasteiger partial charge on any atom is -0.466 e. The summed E-state index contributed by atoms with van der Waals surface area (Å²) >= 11 is 0. The van der Waals surface area contributed by atoms with Gasteiger partial charge in [0.25, 0.3) is 5.56 Å². The molecule has 3 rings (SSSR count). The van der Waals surface area contributed by atoms with Gasteiger partial charge >= 0.3 is 12.0 Å². The van der Waals surface area contributed by atoms with Gasteiger partial charge in [-0.1, -0.05) is 18.2 Å². The zero-order chi connectivity index (χ0) is 18.7. The molecule has 1 aliphatic heterocycles. The van der Waals surface area contributed by atoms with Crippen LogP contribution in [0.4, 0.5) is 10.5 Å². The maximum absolute atomic E-state index is 12.6. The average Bonchev–Trinajstić information content (AvgIpc) is 2.66. The number of fused-ring (bicyclic) bond motifs is 1. The van der Waals surface area contributed by atoms with Crippen molar-refractivity contribution in [3.05, 3.63) is 40.8 Å². The number of piperidine rings is 1. The van der Waals surface area contributed by atoms with Gasteiger partial charge in [-0.3, -0.25) is 9.59 Å². The lowest BCUT2D eigenvalue weighted by molar-refractivity contribution is -0.149. The molecule has 26 heavy (non-hydrogen) atoms. The minimum absolute atomic E-state index is 0.103. The molecule has 1 aromatic heterocycles. The van der Waals surface area contributed by atoms with Crippen LogP contribution >= 0.6 is 0 Å². The lowest BCUT2D eigenvalue weighted by Gasteiger charge is -2.31. The van der Waals surface area contributed by atoms with Crippen molar-refractivity contribution in [2.75, 3.05) is 25.0 Å². The van der Waals surface area contributed by atoms with Crippen molar-refractivity contribution in [2.24, 2.45) is 13.0 Å². The van der Waals surface area contributed by atoms with Gasteiger partial charge in [0.1, 0.15) is 0 Å². The van der Waals surface area contributed by atoms with E-state index in [0.29, 0.717) is 49.0 Å². The molecule has 0 aliphatic carbocycles. The summed E-state index contributed by atoms with van der Waals surface area (Å²) in [5.41, 5.74) is 0.495. The van der Waals surface area contributed by atoms with Crippen molar-refractivity contribution < 1.29 is 14.3 Å². The number of hydrogen-bond acceptors (Lipinski definition) is 4. The third kappa shape index (κ3) is 3.56. The van der Waals surface area contributed by atoms with Gasteiger partial charge in [-0.15, -0.1) is 0 Å². The van der Waals surface area contributed by atoms with E-state index in [9.17, 15) is 14.4 Å². The molecule has 0 unspecified atom stereocenters. The van der Waals surface area contributed by atoms with E-state index in [1.807, 2.05) is 12.1 Å². The van der Waals surface area contributed by atoms with Gasteiger partial charge < -0.3 is 19.5 Å². The fourth-order valence-corrected chi connectivity index (χ4v) is 3.29. The number of aryl methyl sites for hydroxylation is 1. The van der Waals surface area contributed by atoms with Crippen LogP contribution in [0.25, 0.3) is 10.8 Å². The fourth-order valence-electron chi connectivity index (χ4n) is 3.29. The normalized spacial score (nSPS) is 15.1. The van der Waals surface area contributed by atoms with Crippen molar-refractivity contribution >= 4 is 28.5 Å². The molecule has 7 heteroatoms. The van der Waals surface area contributed by atoms with Crippen molar-refractivity contribution in [3.8, 4) is 0 Å². The Morgan fingerprint density at radius 1 is 1.19 bits per heavy atom. The molecule has 2 aromatic rings. The molecule has 1 aromatic carbocycles. The van der Waals surface area contributed by atoms with Crippen LogP contribution in [0.2, 0.25) is 0 Å². The summed E-state index contributed by atoms with van der Waals surface area (Å²) in [6.45, 7) is 3.16. The summed E-state index contributed by atoms with van der Waals surface area (Å²) in [7, 11) is 1.66. The number of nitrogens with zero attached hydrogens (tertiary/aromatic N) is 2. The molecule has 2 heterocycles. The summed E-state index contributed by atoms with van der Waals surface area (Å²) in [4.78, 5) is 38.3. The van der Waals surface area contributed by atoms with Crippen molar-refractivity contribution in [1.29, 1.82) is 0 Å². The van der Waals surface area contributed by atoms with Crippen molar-refractivity contribution in [2.45, 2.75) is 19.8 Å². The molecule has 0 saturated carbocycles. The van der Waals surface area contributed by atoms with E-state index in [1.165, 1.54) is 4.57 Å². The van der Waals surface area contributed by atoms with Crippen LogP contribution in [0.5, 0.6) is 0 Å². The number of rotatable bonds is 3. The van der Waals surface area contributed by atoms with Crippen LogP contribution in [0.1, 0.15) is 19.8 Å². The molecule has 7 nitrogen and oxygen atoms in total. The number of likely N-dealkylation sites (tertiary alicyclic amines) is 1. The van der Waals surface area contributed by atoms with Crippen LogP contribution in [0.15, 0.2) is 35.3 Å². The zero-order valence-electron chi connectivity index (χ0n) is 15.0. The van der Waals surface area contributed by atoms with E-state index in [-0.39, 0.29) is 23.5 Å². The molecular formula is C19H23N3O4. The Morgan fingerprint density at radius 3 is 2.50 bits per heavy atom. The zero-order valence-corrected chi connectivity index (χ0v) is 15.0. The number of amides is 2. The van der Waals surface area contributed by atoms with Gasteiger partial charge in [-0.2, -0.15) is 0 Å². The van der Waals surface area contributed by atoms with Gasteiger partial charge in [0.15, 0.2) is 0 Å². The monoisotopic (exact) mass is 357 g/mol. The first-order valence-electron chi connectivity index (χ1n) is 8.82. The Labute approximate surface area is 151 Å². The summed E-state index contributed by atoms with van der Waals surface area (Å²) in [6, 6.07) is 6.98. The molecule has 1 fully saturated rings. The van der Waals surface area contributed by atoms with E-state index >= 15 is 0 Å². The van der Waals surface area contributed by atoms with E-state index in [1.54, 1.807) is 37.2 Å². The van der Waals surface area contributed by atoms with Gasteiger partial charge in [0, 0.05) is 37.1 Å². The molecule has 0 radical (unpaired) electrons. The largest absolute Gasteiger partial charge is 0.466 e. The van der Waals surface area contributed by atoms with E-state index in [4.69, 9.17) is 4.74 Å². The highest BCUT2D eigenvalue weighted by molar-refractivity contribution is 6.01. The second kappa shape index (κ2) is 7.59. The predicted octanol–water partition coefficient (Wildman–Crippen LogP) is 2.35. The first-order chi connectivity index (χ1) is 12.5. The smallest absolute Gasteiger partial charge is 0.321 e. The lowest BCUT2D eigenvalue weighted by Crippen LogP contribution is -2.42. The van der Waals surface area contributed by atoms with Crippen LogP contribution in [0.3, 0.4) is 0 Å². The first kappa shape index (κ1) is 18.0. The van der Waals surface area contributed by atoms with Crippen LogP contribution < -0.4 is 10.9 Å². The predicted molar refractivity (Wildman–Crippen MR) is 99.1 cm³/mol. The van der Waals surface area contributed by atoms with Gasteiger partial charge in [0.05, 0.1) is 18.2 Å². The van der Waals surface area contributed by atoms with E-state index in [2.05, 4.69) is 5.32 Å². The molecule has 0 spiro atoms. The Bertz CT molecular complexity index is 882. The van der Waals surface area contributed by atoms with E-state index < -0.39 is 0 Å². The maximum Gasteiger partial charge on any atom is 0.321 e. The van der Waals surface area contributed by atoms with Crippen LogP contribution in [0, 0.1) is 5.92 Å². The van der Waals surface area contributed by atoms with Crippen LogP contribution in [-0.4, -0.2) is 41.2 Å². The Kier molecular flexibility index (Phi) is 5.25. The number of urea groups is 1. The van der Waals surface area contributed by atoms with Crippen LogP contribution in [-0.2, 0) is 16.6 Å². The summed E-state index contributed by atoms with van der Waals surface area (Å²) in [6.07, 6.45) is 2.83. The topological polar surface area (TPSA) is 80.6 Å². The van der Waals surface area contributed by atoms with Gasteiger partial charge in [-0.05, 0) is 25.8 Å². The number of nitrogens with one attached hydrogen (secondary N) is 1. The molecule has 1 saturated heterocycles.